The summed E-state index contributed by atoms with van der Waals surface area (Å²) in [5, 5.41) is 7.86. The van der Waals surface area contributed by atoms with Crippen LogP contribution in [0, 0.1) is 11.8 Å². The highest BCUT2D eigenvalue weighted by molar-refractivity contribution is 6.06. The maximum Gasteiger partial charge on any atom is 0.0352 e. The molecule has 0 spiro atoms. The lowest BCUT2D eigenvalue weighted by Crippen LogP contribution is -1.98. The van der Waals surface area contributed by atoms with Crippen molar-refractivity contribution in [1.82, 2.24) is 0 Å². The number of hydrogen-bond donors (Lipinski definition) is 1. The third-order valence-corrected chi connectivity index (χ3v) is 2.47. The van der Waals surface area contributed by atoms with Crippen molar-refractivity contribution >= 4 is 11.8 Å². The molecule has 1 aliphatic carbocycles. The molecule has 1 heteroatoms. The van der Waals surface area contributed by atoms with Crippen LogP contribution in [-0.4, -0.2) is 5.71 Å². The lowest BCUT2D eigenvalue weighted by molar-refractivity contribution is 0.986. The highest BCUT2D eigenvalue weighted by Gasteiger charge is 2.14. The zero-order valence-electron chi connectivity index (χ0n) is 8.38. The molecule has 1 nitrogen and oxygen atoms in total. The van der Waals surface area contributed by atoms with Gasteiger partial charge in [0, 0.05) is 12.1 Å². The standard InChI is InChI=1S/C13H14N/c1-2-5-13(14)12-8-10-6-3-4-7-11(10)9-12/h3-4,6-9,14H,2,5H2,1H3. The Bertz CT molecular complexity index is 388. The van der Waals surface area contributed by atoms with Gasteiger partial charge in [0.25, 0.3) is 0 Å². The summed E-state index contributed by atoms with van der Waals surface area (Å²) in [5.41, 5.74) is 4.31. The first-order valence-corrected chi connectivity index (χ1v) is 5.04. The molecule has 0 fully saturated rings. The Morgan fingerprint density at radius 3 is 2.57 bits per heavy atom. The number of rotatable bonds is 3. The van der Waals surface area contributed by atoms with Crippen LogP contribution in [0.2, 0.25) is 0 Å². The van der Waals surface area contributed by atoms with Crippen LogP contribution in [-0.2, 0) is 0 Å². The van der Waals surface area contributed by atoms with Gasteiger partial charge in [-0.25, -0.2) is 0 Å². The lowest BCUT2D eigenvalue weighted by atomic mass is 10.0. The van der Waals surface area contributed by atoms with Gasteiger partial charge in [-0.2, -0.15) is 0 Å². The number of allylic oxidation sites excluding steroid dienone is 1. The minimum Gasteiger partial charge on any atom is -0.305 e. The maximum absolute atomic E-state index is 7.86. The molecule has 2 rings (SSSR count). The van der Waals surface area contributed by atoms with E-state index in [0.717, 1.165) is 24.1 Å². The van der Waals surface area contributed by atoms with E-state index >= 15 is 0 Å². The van der Waals surface area contributed by atoms with Gasteiger partial charge in [-0.15, -0.1) is 0 Å². The van der Waals surface area contributed by atoms with E-state index in [9.17, 15) is 0 Å². The van der Waals surface area contributed by atoms with Crippen LogP contribution < -0.4 is 0 Å². The van der Waals surface area contributed by atoms with Crippen molar-refractivity contribution in [2.45, 2.75) is 19.8 Å². The third-order valence-electron chi connectivity index (χ3n) is 2.47. The van der Waals surface area contributed by atoms with E-state index in [1.165, 1.54) is 11.1 Å². The Kier molecular flexibility index (Phi) is 2.49. The van der Waals surface area contributed by atoms with E-state index in [-0.39, 0.29) is 0 Å². The van der Waals surface area contributed by atoms with Gasteiger partial charge in [-0.3, -0.25) is 0 Å². The molecule has 0 amide bonds. The summed E-state index contributed by atoms with van der Waals surface area (Å²) in [4.78, 5) is 0. The minimum atomic E-state index is 0.753. The molecule has 0 heterocycles. The topological polar surface area (TPSA) is 23.9 Å². The third kappa shape index (κ3) is 1.63. The van der Waals surface area contributed by atoms with Crippen LogP contribution in [0.4, 0.5) is 0 Å². The zero-order chi connectivity index (χ0) is 9.97. The van der Waals surface area contributed by atoms with Crippen LogP contribution in [0.15, 0.2) is 29.8 Å². The van der Waals surface area contributed by atoms with Crippen molar-refractivity contribution in [3.05, 3.63) is 47.4 Å². The van der Waals surface area contributed by atoms with E-state index < -0.39 is 0 Å². The molecule has 0 atom stereocenters. The fourth-order valence-electron chi connectivity index (χ4n) is 1.72. The Balaban J connectivity index is 2.19. The Morgan fingerprint density at radius 2 is 1.93 bits per heavy atom. The number of hydrogen-bond acceptors (Lipinski definition) is 1. The lowest BCUT2D eigenvalue weighted by Gasteiger charge is -2.01. The van der Waals surface area contributed by atoms with E-state index in [0.29, 0.717) is 0 Å². The molecular weight excluding hydrogens is 170 g/mol. The van der Waals surface area contributed by atoms with Gasteiger partial charge in [-0.1, -0.05) is 37.6 Å². The van der Waals surface area contributed by atoms with Gasteiger partial charge < -0.3 is 5.41 Å². The van der Waals surface area contributed by atoms with Crippen LogP contribution in [0.5, 0.6) is 0 Å². The molecule has 1 aromatic carbocycles. The first kappa shape index (κ1) is 9.20. The summed E-state index contributed by atoms with van der Waals surface area (Å²) in [6.07, 6.45) is 6.12. The first-order valence-electron chi connectivity index (χ1n) is 5.04. The van der Waals surface area contributed by atoms with Crippen LogP contribution in [0.25, 0.3) is 6.08 Å². The molecule has 71 valence electrons. The van der Waals surface area contributed by atoms with Gasteiger partial charge in [0.2, 0.25) is 0 Å². The smallest absolute Gasteiger partial charge is 0.0352 e. The predicted molar refractivity (Wildman–Crippen MR) is 60.5 cm³/mol. The maximum atomic E-state index is 7.86. The SMILES string of the molecule is CCCC(=N)C1=Cc2ccccc2[CH]1. The van der Waals surface area contributed by atoms with Crippen molar-refractivity contribution in [3.63, 3.8) is 0 Å². The van der Waals surface area contributed by atoms with Crippen molar-refractivity contribution in [2.24, 2.45) is 0 Å². The van der Waals surface area contributed by atoms with Crippen molar-refractivity contribution in [3.8, 4) is 0 Å². The fraction of sp³-hybridized carbons (Fsp3) is 0.231. The molecule has 0 saturated carbocycles. The molecule has 1 aromatic rings. The molecule has 1 N–H and O–H groups in total. The molecule has 0 aliphatic heterocycles. The number of benzene rings is 1. The van der Waals surface area contributed by atoms with E-state index in [2.05, 4.69) is 31.6 Å². The second kappa shape index (κ2) is 3.79. The molecule has 1 aliphatic rings. The number of nitrogens with one attached hydrogen (secondary N) is 1. The van der Waals surface area contributed by atoms with Gasteiger partial charge in [-0.05, 0) is 29.2 Å². The minimum absolute atomic E-state index is 0.753. The quantitative estimate of drug-likeness (QED) is 0.696. The van der Waals surface area contributed by atoms with Gasteiger partial charge >= 0.3 is 0 Å². The fourth-order valence-corrected chi connectivity index (χ4v) is 1.72. The Hall–Kier alpha value is -1.37. The molecule has 0 aromatic heterocycles. The molecule has 0 bridgehead atoms. The van der Waals surface area contributed by atoms with Gasteiger partial charge in [0.1, 0.15) is 0 Å². The second-order valence-corrected chi connectivity index (χ2v) is 3.60. The monoisotopic (exact) mass is 184 g/mol. The van der Waals surface area contributed by atoms with Crippen molar-refractivity contribution in [2.75, 3.05) is 0 Å². The Labute approximate surface area is 85.0 Å². The molecule has 0 saturated heterocycles. The predicted octanol–water partition coefficient (Wildman–Crippen LogP) is 3.46. The Morgan fingerprint density at radius 1 is 1.21 bits per heavy atom. The molecule has 0 unspecified atom stereocenters. The summed E-state index contributed by atoms with van der Waals surface area (Å²) in [7, 11) is 0. The number of fused-ring (bicyclic) bond motifs is 1. The van der Waals surface area contributed by atoms with Crippen molar-refractivity contribution < 1.29 is 0 Å². The molecule has 14 heavy (non-hydrogen) atoms. The molecule has 1 radical (unpaired) electrons. The van der Waals surface area contributed by atoms with Crippen LogP contribution >= 0.6 is 0 Å². The van der Waals surface area contributed by atoms with Gasteiger partial charge in [0.05, 0.1) is 0 Å². The average Bonchev–Trinajstić information content (AvgIpc) is 2.61. The van der Waals surface area contributed by atoms with E-state index in [1.807, 2.05) is 12.1 Å². The summed E-state index contributed by atoms with van der Waals surface area (Å²) in [5.74, 6) is 0. The highest BCUT2D eigenvalue weighted by Crippen LogP contribution is 2.27. The van der Waals surface area contributed by atoms with Crippen LogP contribution in [0.1, 0.15) is 30.9 Å². The summed E-state index contributed by atoms with van der Waals surface area (Å²) >= 11 is 0. The molecular formula is C13H14N. The van der Waals surface area contributed by atoms with E-state index in [4.69, 9.17) is 5.41 Å². The summed E-state index contributed by atoms with van der Waals surface area (Å²) in [6.45, 7) is 2.11. The summed E-state index contributed by atoms with van der Waals surface area (Å²) < 4.78 is 0. The summed E-state index contributed by atoms with van der Waals surface area (Å²) in [6, 6.07) is 8.27. The average molecular weight is 184 g/mol. The van der Waals surface area contributed by atoms with Crippen molar-refractivity contribution in [1.29, 1.82) is 5.41 Å². The largest absolute Gasteiger partial charge is 0.305 e. The highest BCUT2D eigenvalue weighted by atomic mass is 14.4. The normalized spacial score (nSPS) is 13.6. The first-order chi connectivity index (χ1) is 6.81. The van der Waals surface area contributed by atoms with Crippen LogP contribution in [0.3, 0.4) is 0 Å². The second-order valence-electron chi connectivity index (χ2n) is 3.60. The van der Waals surface area contributed by atoms with E-state index in [1.54, 1.807) is 0 Å². The van der Waals surface area contributed by atoms with Gasteiger partial charge in [0.15, 0.2) is 0 Å². The zero-order valence-corrected chi connectivity index (χ0v) is 8.38.